The smallest absolute Gasteiger partial charge is 0.350 e. The molecule has 0 radical (unpaired) electrons. The molecule has 0 saturated carbocycles. The van der Waals surface area contributed by atoms with Crippen LogP contribution < -0.4 is 14.4 Å². The SMILES string of the molecule is CCCOc1cccc(C2/C(=C(/O)c3ccc4c(c3)CC(C)O4)C(=O)C(=O)N2c2nc(C)c(C(=O)OCC)s2)c1. The van der Waals surface area contributed by atoms with Crippen LogP contribution in [0.1, 0.15) is 65.3 Å². The summed E-state index contributed by atoms with van der Waals surface area (Å²) >= 11 is 0.968. The van der Waals surface area contributed by atoms with Crippen LogP contribution in [0.4, 0.5) is 5.13 Å². The standard InChI is InChI=1S/C30H30N2O7S/c1-5-12-38-21-9-7-8-18(15-21)24-23(25(33)19-10-11-22-20(14-19)13-16(3)39-22)26(34)28(35)32(24)30-31-17(4)27(40-30)29(36)37-6-2/h7-11,14-16,24,33H,5-6,12-13H2,1-4H3/b25-23-. The molecule has 208 valence electrons. The van der Waals surface area contributed by atoms with Gasteiger partial charge in [0.1, 0.15) is 28.2 Å². The summed E-state index contributed by atoms with van der Waals surface area (Å²) < 4.78 is 16.7. The van der Waals surface area contributed by atoms with Gasteiger partial charge in [0.15, 0.2) is 5.13 Å². The minimum Gasteiger partial charge on any atom is -0.507 e. The highest BCUT2D eigenvalue weighted by Gasteiger charge is 2.48. The van der Waals surface area contributed by atoms with Crippen molar-refractivity contribution in [2.24, 2.45) is 0 Å². The molecule has 2 aliphatic rings. The van der Waals surface area contributed by atoms with Gasteiger partial charge in [-0.15, -0.1) is 0 Å². The van der Waals surface area contributed by atoms with Gasteiger partial charge in [0.2, 0.25) is 0 Å². The summed E-state index contributed by atoms with van der Waals surface area (Å²) in [5, 5.41) is 11.7. The first-order valence-corrected chi connectivity index (χ1v) is 14.0. The van der Waals surface area contributed by atoms with Crippen LogP contribution in [0, 0.1) is 6.92 Å². The number of aliphatic hydroxyl groups excluding tert-OH is 1. The van der Waals surface area contributed by atoms with E-state index in [9.17, 15) is 19.5 Å². The Hall–Kier alpha value is -4.18. The molecule has 3 aromatic rings. The van der Waals surface area contributed by atoms with Crippen LogP contribution in [0.2, 0.25) is 0 Å². The molecule has 3 heterocycles. The van der Waals surface area contributed by atoms with E-state index in [1.165, 1.54) is 4.90 Å². The number of amides is 1. The van der Waals surface area contributed by atoms with E-state index in [1.54, 1.807) is 56.3 Å². The van der Waals surface area contributed by atoms with Crippen LogP contribution in [0.5, 0.6) is 11.5 Å². The highest BCUT2D eigenvalue weighted by molar-refractivity contribution is 7.17. The van der Waals surface area contributed by atoms with Crippen molar-refractivity contribution in [3.63, 3.8) is 0 Å². The van der Waals surface area contributed by atoms with Gasteiger partial charge in [-0.1, -0.05) is 30.4 Å². The van der Waals surface area contributed by atoms with Gasteiger partial charge >= 0.3 is 11.9 Å². The average molecular weight is 563 g/mol. The fourth-order valence-corrected chi connectivity index (χ4v) is 5.92. The number of carbonyl (C=O) groups is 3. The Labute approximate surface area is 236 Å². The second-order valence-corrected chi connectivity index (χ2v) is 10.7. The predicted octanol–water partition coefficient (Wildman–Crippen LogP) is 5.37. The third-order valence-corrected chi connectivity index (χ3v) is 7.85. The zero-order chi connectivity index (χ0) is 28.6. The molecule has 1 saturated heterocycles. The van der Waals surface area contributed by atoms with Gasteiger partial charge in [-0.25, -0.2) is 9.78 Å². The number of aryl methyl sites for hydroxylation is 1. The number of aromatic nitrogens is 1. The zero-order valence-electron chi connectivity index (χ0n) is 22.7. The largest absolute Gasteiger partial charge is 0.507 e. The average Bonchev–Trinajstić information content (AvgIpc) is 3.59. The molecular weight excluding hydrogens is 532 g/mol. The third kappa shape index (κ3) is 4.95. The lowest BCUT2D eigenvalue weighted by Gasteiger charge is -2.23. The molecule has 9 nitrogen and oxygen atoms in total. The molecule has 1 fully saturated rings. The van der Waals surface area contributed by atoms with Crippen molar-refractivity contribution in [2.45, 2.75) is 52.7 Å². The number of Topliss-reactive ketones (excluding diaryl/α,β-unsaturated/α-hetero) is 1. The Bertz CT molecular complexity index is 1530. The van der Waals surface area contributed by atoms with Crippen molar-refractivity contribution in [3.8, 4) is 11.5 Å². The Morgan fingerprint density at radius 3 is 2.75 bits per heavy atom. The third-order valence-electron chi connectivity index (χ3n) is 6.71. The van der Waals surface area contributed by atoms with E-state index in [4.69, 9.17) is 14.2 Å². The number of fused-ring (bicyclic) bond motifs is 1. The van der Waals surface area contributed by atoms with Gasteiger partial charge < -0.3 is 19.3 Å². The summed E-state index contributed by atoms with van der Waals surface area (Å²) in [6, 6.07) is 11.3. The van der Waals surface area contributed by atoms with Crippen molar-refractivity contribution < 1.29 is 33.7 Å². The number of rotatable bonds is 8. The number of nitrogens with zero attached hydrogens (tertiary/aromatic N) is 2. The number of carbonyl (C=O) groups excluding carboxylic acids is 3. The molecule has 1 aromatic heterocycles. The maximum Gasteiger partial charge on any atom is 0.350 e. The lowest BCUT2D eigenvalue weighted by molar-refractivity contribution is -0.132. The van der Waals surface area contributed by atoms with Gasteiger partial charge in [-0.05, 0) is 68.7 Å². The molecule has 2 aliphatic heterocycles. The molecular formula is C30H30N2O7S. The summed E-state index contributed by atoms with van der Waals surface area (Å²) in [5.41, 5.74) is 2.17. The van der Waals surface area contributed by atoms with Crippen molar-refractivity contribution in [2.75, 3.05) is 18.1 Å². The fraction of sp³-hybridized carbons (Fsp3) is 0.333. The summed E-state index contributed by atoms with van der Waals surface area (Å²) in [6.07, 6.45) is 1.48. The predicted molar refractivity (Wildman–Crippen MR) is 150 cm³/mol. The van der Waals surface area contributed by atoms with E-state index < -0.39 is 23.7 Å². The maximum absolute atomic E-state index is 13.6. The number of hydrogen-bond donors (Lipinski definition) is 1. The summed E-state index contributed by atoms with van der Waals surface area (Å²) in [4.78, 5) is 45.6. The highest BCUT2D eigenvalue weighted by atomic mass is 32.1. The second-order valence-electron chi connectivity index (χ2n) is 9.68. The lowest BCUT2D eigenvalue weighted by Crippen LogP contribution is -2.29. The van der Waals surface area contributed by atoms with Gasteiger partial charge in [-0.3, -0.25) is 14.5 Å². The number of esters is 1. The zero-order valence-corrected chi connectivity index (χ0v) is 23.5. The van der Waals surface area contributed by atoms with Gasteiger partial charge in [-0.2, -0.15) is 0 Å². The normalized spacial score (nSPS) is 19.4. The first-order chi connectivity index (χ1) is 19.2. The van der Waals surface area contributed by atoms with E-state index >= 15 is 0 Å². The quantitative estimate of drug-likeness (QED) is 0.169. The number of ether oxygens (including phenoxy) is 3. The van der Waals surface area contributed by atoms with E-state index in [-0.39, 0.29) is 34.1 Å². The van der Waals surface area contributed by atoms with Crippen LogP contribution in [0.3, 0.4) is 0 Å². The van der Waals surface area contributed by atoms with Crippen LogP contribution in [0.25, 0.3) is 5.76 Å². The Balaban J connectivity index is 1.66. The molecule has 40 heavy (non-hydrogen) atoms. The minimum atomic E-state index is -1.01. The van der Waals surface area contributed by atoms with Crippen LogP contribution in [-0.4, -0.2) is 47.1 Å². The Kier molecular flexibility index (Phi) is 7.62. The van der Waals surface area contributed by atoms with E-state index in [2.05, 4.69) is 4.98 Å². The molecule has 0 spiro atoms. The number of aliphatic hydroxyl groups is 1. The van der Waals surface area contributed by atoms with Crippen molar-refractivity contribution in [1.29, 1.82) is 0 Å². The van der Waals surface area contributed by atoms with Crippen LogP contribution in [-0.2, 0) is 20.7 Å². The molecule has 10 heteroatoms. The molecule has 0 aliphatic carbocycles. The molecule has 2 aromatic carbocycles. The van der Waals surface area contributed by atoms with E-state index in [0.29, 0.717) is 35.6 Å². The second kappa shape index (κ2) is 11.1. The van der Waals surface area contributed by atoms with Gasteiger partial charge in [0.05, 0.1) is 30.5 Å². The maximum atomic E-state index is 13.6. The summed E-state index contributed by atoms with van der Waals surface area (Å²) in [7, 11) is 0. The number of benzene rings is 2. The topological polar surface area (TPSA) is 115 Å². The molecule has 0 bridgehead atoms. The first kappa shape index (κ1) is 27.4. The van der Waals surface area contributed by atoms with Gasteiger partial charge in [0, 0.05) is 12.0 Å². The van der Waals surface area contributed by atoms with Crippen molar-refractivity contribution in [1.82, 2.24) is 4.98 Å². The van der Waals surface area contributed by atoms with Crippen molar-refractivity contribution in [3.05, 3.63) is 75.3 Å². The first-order valence-electron chi connectivity index (χ1n) is 13.2. The van der Waals surface area contributed by atoms with Gasteiger partial charge in [0.25, 0.3) is 5.78 Å². The number of ketones is 1. The van der Waals surface area contributed by atoms with Crippen molar-refractivity contribution >= 4 is 39.9 Å². The molecule has 5 rings (SSSR count). The molecule has 1 amide bonds. The molecule has 2 unspecified atom stereocenters. The fourth-order valence-electron chi connectivity index (χ4n) is 4.94. The Morgan fingerprint density at radius 2 is 2.00 bits per heavy atom. The highest BCUT2D eigenvalue weighted by Crippen LogP contribution is 2.45. The van der Waals surface area contributed by atoms with E-state index in [0.717, 1.165) is 29.1 Å². The minimum absolute atomic E-state index is 0.00516. The number of anilines is 1. The summed E-state index contributed by atoms with van der Waals surface area (Å²) in [6.45, 7) is 7.98. The lowest BCUT2D eigenvalue weighted by atomic mass is 9.94. The Morgan fingerprint density at radius 1 is 1.20 bits per heavy atom. The van der Waals surface area contributed by atoms with E-state index in [1.807, 2.05) is 13.8 Å². The molecule has 1 N–H and O–H groups in total. The number of hydrogen-bond acceptors (Lipinski definition) is 9. The van der Waals surface area contributed by atoms with Crippen LogP contribution >= 0.6 is 11.3 Å². The summed E-state index contributed by atoms with van der Waals surface area (Å²) in [5.74, 6) is -1.26. The van der Waals surface area contributed by atoms with Crippen LogP contribution in [0.15, 0.2) is 48.0 Å². The molecule has 2 atom stereocenters. The monoisotopic (exact) mass is 562 g/mol. The number of thiazole rings is 1.